The maximum Gasteiger partial charge on any atom is 0.319 e. The third-order valence-electron chi connectivity index (χ3n) is 7.39. The highest BCUT2D eigenvalue weighted by molar-refractivity contribution is 5.89. The Kier molecular flexibility index (Phi) is 6.83. The van der Waals surface area contributed by atoms with Crippen LogP contribution in [0.5, 0.6) is 5.75 Å². The van der Waals surface area contributed by atoms with Crippen molar-refractivity contribution in [1.29, 1.82) is 5.26 Å². The predicted molar refractivity (Wildman–Crippen MR) is 138 cm³/mol. The van der Waals surface area contributed by atoms with Crippen molar-refractivity contribution >= 4 is 17.4 Å². The van der Waals surface area contributed by atoms with Crippen LogP contribution in [0, 0.1) is 11.3 Å². The molecule has 2 N–H and O–H groups in total. The number of amides is 2. The maximum atomic E-state index is 12.1. The minimum absolute atomic E-state index is 0.0461. The zero-order chi connectivity index (χ0) is 24.4. The largest absolute Gasteiger partial charge is 0.492 e. The molecule has 184 valence electrons. The molecule has 3 aliphatic rings. The number of carbonyl (C=O) groups excluding carboxylic acids is 1. The lowest BCUT2D eigenvalue weighted by molar-refractivity contribution is 0.147. The number of hydrogen-bond acceptors (Lipinski definition) is 5. The Morgan fingerprint density at radius 2 is 1.91 bits per heavy atom. The topological polar surface area (TPSA) is 80.6 Å². The fourth-order valence-electron chi connectivity index (χ4n) is 5.25. The van der Waals surface area contributed by atoms with Gasteiger partial charge in [-0.15, -0.1) is 0 Å². The minimum Gasteiger partial charge on any atom is -0.492 e. The van der Waals surface area contributed by atoms with Gasteiger partial charge in [0.2, 0.25) is 0 Å². The monoisotopic (exact) mass is 473 g/mol. The van der Waals surface area contributed by atoms with Crippen molar-refractivity contribution in [3.63, 3.8) is 0 Å². The van der Waals surface area contributed by atoms with Crippen LogP contribution in [0.1, 0.15) is 62.6 Å². The summed E-state index contributed by atoms with van der Waals surface area (Å²) in [5.41, 5.74) is 4.04. The van der Waals surface area contributed by atoms with E-state index in [0.717, 1.165) is 47.6 Å². The van der Waals surface area contributed by atoms with Crippen LogP contribution in [0.3, 0.4) is 0 Å². The zero-order valence-corrected chi connectivity index (χ0v) is 20.7. The van der Waals surface area contributed by atoms with Crippen molar-refractivity contribution < 1.29 is 9.53 Å². The molecule has 1 saturated heterocycles. The van der Waals surface area contributed by atoms with Gasteiger partial charge in [0.15, 0.2) is 0 Å². The van der Waals surface area contributed by atoms with Gasteiger partial charge >= 0.3 is 6.03 Å². The summed E-state index contributed by atoms with van der Waals surface area (Å²) >= 11 is 0. The van der Waals surface area contributed by atoms with E-state index < -0.39 is 0 Å². The molecule has 2 atom stereocenters. The molecule has 7 heteroatoms. The number of carbonyl (C=O) groups is 1. The molecule has 2 heterocycles. The SMILES string of the molecule is CC(C)NC(=O)Nc1ccc(C2C(C#N)c3ccc(OCCN4CCC4)cc3N2C2CCC2)cc1. The number of hydrogen-bond donors (Lipinski definition) is 2. The summed E-state index contributed by atoms with van der Waals surface area (Å²) in [6.45, 7) is 7.85. The van der Waals surface area contributed by atoms with E-state index in [0.29, 0.717) is 12.6 Å². The molecule has 0 bridgehead atoms. The summed E-state index contributed by atoms with van der Waals surface area (Å²) in [6.07, 6.45) is 4.79. The highest BCUT2D eigenvalue weighted by Gasteiger charge is 2.44. The average Bonchev–Trinajstić information content (AvgIpc) is 3.07. The number of fused-ring (bicyclic) bond motifs is 1. The van der Waals surface area contributed by atoms with Gasteiger partial charge < -0.3 is 20.3 Å². The Labute approximate surface area is 208 Å². The van der Waals surface area contributed by atoms with Crippen LogP contribution >= 0.6 is 0 Å². The molecule has 7 nitrogen and oxygen atoms in total. The standard InChI is InChI=1S/C28H35N5O2/c1-19(2)30-28(34)31-21-9-7-20(8-10-21)27-25(18-29)24-12-11-23(35-16-15-32-13-4-14-32)17-26(24)33(27)22-5-3-6-22/h7-12,17,19,22,25,27H,3-6,13-16H2,1-2H3,(H2,30,31,34). The van der Waals surface area contributed by atoms with Gasteiger partial charge in [0, 0.05) is 36.1 Å². The fourth-order valence-corrected chi connectivity index (χ4v) is 5.25. The number of nitrogens with zero attached hydrogens (tertiary/aromatic N) is 3. The Balaban J connectivity index is 1.37. The molecule has 35 heavy (non-hydrogen) atoms. The van der Waals surface area contributed by atoms with Crippen LogP contribution in [0.4, 0.5) is 16.2 Å². The number of rotatable bonds is 8. The van der Waals surface area contributed by atoms with Gasteiger partial charge in [-0.25, -0.2) is 4.79 Å². The summed E-state index contributed by atoms with van der Waals surface area (Å²) in [5.74, 6) is 0.630. The molecule has 2 unspecified atom stereocenters. The molecule has 2 aliphatic heterocycles. The van der Waals surface area contributed by atoms with Gasteiger partial charge in [-0.05, 0) is 81.9 Å². The summed E-state index contributed by atoms with van der Waals surface area (Å²) in [5, 5.41) is 15.9. The van der Waals surface area contributed by atoms with Gasteiger partial charge in [0.05, 0.1) is 18.0 Å². The van der Waals surface area contributed by atoms with Crippen LogP contribution in [-0.4, -0.2) is 49.3 Å². The molecular formula is C28H35N5O2. The van der Waals surface area contributed by atoms with E-state index in [-0.39, 0.29) is 24.0 Å². The highest BCUT2D eigenvalue weighted by Crippen LogP contribution is 2.53. The van der Waals surface area contributed by atoms with Gasteiger partial charge in [0.25, 0.3) is 0 Å². The van der Waals surface area contributed by atoms with E-state index in [9.17, 15) is 10.1 Å². The lowest BCUT2D eigenvalue weighted by Gasteiger charge is -2.41. The normalized spacial score (nSPS) is 21.6. The first-order valence-corrected chi connectivity index (χ1v) is 12.9. The summed E-state index contributed by atoms with van der Waals surface area (Å²) < 4.78 is 6.11. The molecule has 2 fully saturated rings. The third kappa shape index (κ3) is 4.94. The lowest BCUT2D eigenvalue weighted by atomic mass is 9.87. The Morgan fingerprint density at radius 1 is 1.14 bits per heavy atom. The first-order chi connectivity index (χ1) is 17.0. The van der Waals surface area contributed by atoms with Crippen LogP contribution in [-0.2, 0) is 0 Å². The third-order valence-corrected chi connectivity index (χ3v) is 7.39. The number of anilines is 2. The molecular weight excluding hydrogens is 438 g/mol. The average molecular weight is 474 g/mol. The summed E-state index contributed by atoms with van der Waals surface area (Å²) in [4.78, 5) is 16.9. The molecule has 0 radical (unpaired) electrons. The summed E-state index contributed by atoms with van der Waals surface area (Å²) in [6, 6.07) is 17.0. The molecule has 0 aromatic heterocycles. The van der Waals surface area contributed by atoms with E-state index in [1.165, 1.54) is 25.9 Å². The van der Waals surface area contributed by atoms with Gasteiger partial charge in [-0.3, -0.25) is 4.90 Å². The van der Waals surface area contributed by atoms with Crippen LogP contribution in [0.2, 0.25) is 0 Å². The number of urea groups is 1. The second-order valence-electron chi connectivity index (χ2n) is 10.2. The van der Waals surface area contributed by atoms with Crippen molar-refractivity contribution in [1.82, 2.24) is 10.2 Å². The van der Waals surface area contributed by atoms with Crippen LogP contribution in [0.25, 0.3) is 0 Å². The number of nitriles is 1. The molecule has 2 aromatic carbocycles. The van der Waals surface area contributed by atoms with Gasteiger partial charge in [-0.1, -0.05) is 18.2 Å². The van der Waals surface area contributed by atoms with E-state index in [4.69, 9.17) is 4.74 Å². The Hall–Kier alpha value is -3.24. The molecule has 2 aromatic rings. The maximum absolute atomic E-state index is 12.1. The molecule has 0 spiro atoms. The fraction of sp³-hybridized carbons (Fsp3) is 0.500. The molecule has 5 rings (SSSR count). The first kappa shape index (κ1) is 23.5. The molecule has 1 saturated carbocycles. The van der Waals surface area contributed by atoms with Gasteiger partial charge in [-0.2, -0.15) is 5.26 Å². The van der Waals surface area contributed by atoms with E-state index in [2.05, 4.69) is 38.6 Å². The Bertz CT molecular complexity index is 1090. The molecule has 1 aliphatic carbocycles. The van der Waals surface area contributed by atoms with Crippen LogP contribution < -0.4 is 20.3 Å². The van der Waals surface area contributed by atoms with Crippen LogP contribution in [0.15, 0.2) is 42.5 Å². The molecule has 2 amide bonds. The van der Waals surface area contributed by atoms with Crippen molar-refractivity contribution in [2.45, 2.75) is 63.6 Å². The summed E-state index contributed by atoms with van der Waals surface area (Å²) in [7, 11) is 0. The second kappa shape index (κ2) is 10.2. The Morgan fingerprint density at radius 3 is 2.51 bits per heavy atom. The second-order valence-corrected chi connectivity index (χ2v) is 10.2. The van der Waals surface area contributed by atoms with Crippen molar-refractivity contribution in [2.24, 2.45) is 0 Å². The smallest absolute Gasteiger partial charge is 0.319 e. The predicted octanol–water partition coefficient (Wildman–Crippen LogP) is 5.02. The number of nitrogens with one attached hydrogen (secondary N) is 2. The number of ether oxygens (including phenoxy) is 1. The zero-order valence-electron chi connectivity index (χ0n) is 20.7. The number of likely N-dealkylation sites (tertiary alicyclic amines) is 1. The van der Waals surface area contributed by atoms with Crippen molar-refractivity contribution in [3.8, 4) is 11.8 Å². The van der Waals surface area contributed by atoms with E-state index >= 15 is 0 Å². The lowest BCUT2D eigenvalue weighted by Crippen LogP contribution is -2.41. The minimum atomic E-state index is -0.246. The van der Waals surface area contributed by atoms with E-state index in [1.54, 1.807) is 0 Å². The highest BCUT2D eigenvalue weighted by atomic mass is 16.5. The van der Waals surface area contributed by atoms with Crippen molar-refractivity contribution in [3.05, 3.63) is 53.6 Å². The quantitative estimate of drug-likeness (QED) is 0.563. The van der Waals surface area contributed by atoms with Crippen molar-refractivity contribution in [2.75, 3.05) is 36.5 Å². The van der Waals surface area contributed by atoms with Gasteiger partial charge in [0.1, 0.15) is 12.4 Å². The number of benzene rings is 2. The van der Waals surface area contributed by atoms with E-state index in [1.807, 2.05) is 44.2 Å². The first-order valence-electron chi connectivity index (χ1n) is 12.9.